The van der Waals surface area contributed by atoms with Crippen molar-refractivity contribution in [3.63, 3.8) is 0 Å². The van der Waals surface area contributed by atoms with Crippen molar-refractivity contribution in [2.24, 2.45) is 13.0 Å². The van der Waals surface area contributed by atoms with Gasteiger partial charge in [-0.1, -0.05) is 62.4 Å². The van der Waals surface area contributed by atoms with Crippen molar-refractivity contribution >= 4 is 18.0 Å². The van der Waals surface area contributed by atoms with E-state index in [1.807, 2.05) is 36.4 Å². The Morgan fingerprint density at radius 3 is 2.11 bits per heavy atom. The van der Waals surface area contributed by atoms with Crippen molar-refractivity contribution in [1.82, 2.24) is 20.4 Å². The Balaban J connectivity index is 1.43. The maximum Gasteiger partial charge on any atom is 0.407 e. The summed E-state index contributed by atoms with van der Waals surface area (Å²) in [4.78, 5) is 37.4. The lowest BCUT2D eigenvalue weighted by Crippen LogP contribution is -2.51. The third-order valence-electron chi connectivity index (χ3n) is 6.25. The predicted molar refractivity (Wildman–Crippen MR) is 129 cm³/mol. The maximum atomic E-state index is 13.0. The SMILES string of the molecule is CC(C)[C@H](NC(=O)OCC1c2ccccc2-c2ccccc21)C(=O)NC(C(=O)O)c1ccnn1C. The number of carbonyl (C=O) groups is 3. The van der Waals surface area contributed by atoms with E-state index in [9.17, 15) is 19.5 Å². The van der Waals surface area contributed by atoms with E-state index in [-0.39, 0.29) is 18.4 Å². The quantitative estimate of drug-likeness (QED) is 0.459. The molecule has 4 rings (SSSR count). The zero-order valence-corrected chi connectivity index (χ0v) is 19.8. The van der Waals surface area contributed by atoms with Crippen LogP contribution in [0.15, 0.2) is 60.8 Å². The number of hydrogen-bond acceptors (Lipinski definition) is 5. The number of aromatic nitrogens is 2. The highest BCUT2D eigenvalue weighted by molar-refractivity contribution is 5.89. The van der Waals surface area contributed by atoms with Crippen molar-refractivity contribution in [1.29, 1.82) is 0 Å². The van der Waals surface area contributed by atoms with E-state index in [1.54, 1.807) is 20.9 Å². The van der Waals surface area contributed by atoms with E-state index < -0.39 is 30.1 Å². The number of aliphatic carboxylic acids is 1. The van der Waals surface area contributed by atoms with Crippen LogP contribution in [0.5, 0.6) is 0 Å². The molecular formula is C26H28N4O5. The minimum Gasteiger partial charge on any atom is -0.479 e. The number of nitrogens with one attached hydrogen (secondary N) is 2. The van der Waals surface area contributed by atoms with Crippen molar-refractivity contribution in [2.75, 3.05) is 6.61 Å². The van der Waals surface area contributed by atoms with Gasteiger partial charge < -0.3 is 20.5 Å². The zero-order valence-electron chi connectivity index (χ0n) is 19.8. The summed E-state index contributed by atoms with van der Waals surface area (Å²) in [5.74, 6) is -2.27. The van der Waals surface area contributed by atoms with Gasteiger partial charge in [-0.05, 0) is 34.2 Å². The molecule has 1 unspecified atom stereocenters. The van der Waals surface area contributed by atoms with Gasteiger partial charge in [-0.2, -0.15) is 5.10 Å². The fraction of sp³-hybridized carbons (Fsp3) is 0.308. The first-order valence-corrected chi connectivity index (χ1v) is 11.4. The number of fused-ring (bicyclic) bond motifs is 3. The van der Waals surface area contributed by atoms with Gasteiger partial charge in [0.05, 0.1) is 5.69 Å². The molecule has 0 saturated heterocycles. The van der Waals surface area contributed by atoms with Crippen molar-refractivity contribution in [3.8, 4) is 11.1 Å². The molecule has 1 aliphatic rings. The monoisotopic (exact) mass is 476 g/mol. The second-order valence-electron chi connectivity index (χ2n) is 8.85. The van der Waals surface area contributed by atoms with Crippen LogP contribution in [0, 0.1) is 5.92 Å². The number of aryl methyl sites for hydroxylation is 1. The molecule has 0 saturated carbocycles. The van der Waals surface area contributed by atoms with Crippen LogP contribution in [-0.4, -0.2) is 45.5 Å². The normalized spacial score (nSPS) is 14.1. The van der Waals surface area contributed by atoms with Crippen LogP contribution in [0.3, 0.4) is 0 Å². The first kappa shape index (κ1) is 24.0. The minimum atomic E-state index is -1.31. The van der Waals surface area contributed by atoms with Gasteiger partial charge in [0.1, 0.15) is 12.6 Å². The van der Waals surface area contributed by atoms with E-state index in [1.165, 1.54) is 16.9 Å². The highest BCUT2D eigenvalue weighted by Crippen LogP contribution is 2.44. The predicted octanol–water partition coefficient (Wildman–Crippen LogP) is 3.23. The van der Waals surface area contributed by atoms with Crippen LogP contribution < -0.4 is 10.6 Å². The van der Waals surface area contributed by atoms with Gasteiger partial charge in [0.25, 0.3) is 0 Å². The molecule has 9 nitrogen and oxygen atoms in total. The number of benzene rings is 2. The smallest absolute Gasteiger partial charge is 0.407 e. The van der Waals surface area contributed by atoms with E-state index in [2.05, 4.69) is 27.9 Å². The molecule has 0 aliphatic heterocycles. The average molecular weight is 477 g/mol. The second-order valence-corrected chi connectivity index (χ2v) is 8.85. The molecule has 3 N–H and O–H groups in total. The van der Waals surface area contributed by atoms with E-state index in [4.69, 9.17) is 4.74 Å². The number of ether oxygens (including phenoxy) is 1. The van der Waals surface area contributed by atoms with E-state index >= 15 is 0 Å². The van der Waals surface area contributed by atoms with E-state index in [0.29, 0.717) is 5.69 Å². The summed E-state index contributed by atoms with van der Waals surface area (Å²) in [7, 11) is 1.59. The summed E-state index contributed by atoms with van der Waals surface area (Å²) in [5.41, 5.74) is 4.72. The molecule has 2 amide bonds. The molecule has 9 heteroatoms. The maximum absolute atomic E-state index is 13.0. The summed E-state index contributed by atoms with van der Waals surface area (Å²) < 4.78 is 6.93. The molecule has 35 heavy (non-hydrogen) atoms. The molecular weight excluding hydrogens is 448 g/mol. The van der Waals surface area contributed by atoms with Crippen LogP contribution in [0.2, 0.25) is 0 Å². The second kappa shape index (κ2) is 10.0. The Labute approximate surface area is 203 Å². The van der Waals surface area contributed by atoms with Crippen LogP contribution >= 0.6 is 0 Å². The Kier molecular flexibility index (Phi) is 6.86. The number of carboxylic acid groups (broad SMARTS) is 1. The molecule has 1 aromatic heterocycles. The van der Waals surface area contributed by atoms with Crippen molar-refractivity contribution in [2.45, 2.75) is 31.8 Å². The van der Waals surface area contributed by atoms with E-state index in [0.717, 1.165) is 22.3 Å². The Bertz CT molecular complexity index is 1210. The number of alkyl carbamates (subject to hydrolysis) is 1. The highest BCUT2D eigenvalue weighted by Gasteiger charge is 2.32. The summed E-state index contributed by atoms with van der Waals surface area (Å²) in [6, 6.07) is 15.2. The molecule has 0 radical (unpaired) electrons. The molecule has 1 heterocycles. The third-order valence-corrected chi connectivity index (χ3v) is 6.25. The fourth-order valence-corrected chi connectivity index (χ4v) is 4.46. The lowest BCUT2D eigenvalue weighted by molar-refractivity contribution is -0.142. The van der Waals surface area contributed by atoms with Crippen LogP contribution in [0.25, 0.3) is 11.1 Å². The molecule has 0 spiro atoms. The molecule has 182 valence electrons. The van der Waals surface area contributed by atoms with Gasteiger partial charge in [0.2, 0.25) is 5.91 Å². The lowest BCUT2D eigenvalue weighted by atomic mass is 9.98. The summed E-state index contributed by atoms with van der Waals surface area (Å²) in [6.07, 6.45) is 0.708. The summed E-state index contributed by atoms with van der Waals surface area (Å²) in [5, 5.41) is 18.7. The molecule has 2 atom stereocenters. The largest absolute Gasteiger partial charge is 0.479 e. The average Bonchev–Trinajstić information content (AvgIpc) is 3.40. The number of amides is 2. The molecule has 0 fully saturated rings. The molecule has 3 aromatic rings. The summed E-state index contributed by atoms with van der Waals surface area (Å²) >= 11 is 0. The van der Waals surface area contributed by atoms with Gasteiger partial charge >= 0.3 is 12.1 Å². The zero-order chi connectivity index (χ0) is 25.1. The highest BCUT2D eigenvalue weighted by atomic mass is 16.5. The number of hydrogen-bond donors (Lipinski definition) is 3. The van der Waals surface area contributed by atoms with Gasteiger partial charge in [-0.15, -0.1) is 0 Å². The first-order chi connectivity index (χ1) is 16.8. The number of nitrogens with zero attached hydrogens (tertiary/aromatic N) is 2. The Hall–Kier alpha value is -4.14. The van der Waals surface area contributed by atoms with Crippen molar-refractivity contribution in [3.05, 3.63) is 77.6 Å². The Morgan fingerprint density at radius 2 is 1.60 bits per heavy atom. The van der Waals surface area contributed by atoms with Crippen LogP contribution in [0.4, 0.5) is 4.79 Å². The van der Waals surface area contributed by atoms with Crippen molar-refractivity contribution < 1.29 is 24.2 Å². The fourth-order valence-electron chi connectivity index (χ4n) is 4.46. The van der Waals surface area contributed by atoms with Crippen LogP contribution in [-0.2, 0) is 21.4 Å². The van der Waals surface area contributed by atoms with Gasteiger partial charge in [0, 0.05) is 19.2 Å². The number of rotatable bonds is 8. The number of carbonyl (C=O) groups excluding carboxylic acids is 2. The number of carboxylic acids is 1. The summed E-state index contributed by atoms with van der Waals surface area (Å²) in [6.45, 7) is 3.63. The van der Waals surface area contributed by atoms with Gasteiger partial charge in [-0.25, -0.2) is 9.59 Å². The topological polar surface area (TPSA) is 123 Å². The molecule has 0 bridgehead atoms. The molecule has 1 aliphatic carbocycles. The minimum absolute atomic E-state index is 0.110. The van der Waals surface area contributed by atoms with Crippen LogP contribution in [0.1, 0.15) is 42.6 Å². The van der Waals surface area contributed by atoms with Gasteiger partial charge in [0.15, 0.2) is 6.04 Å². The lowest BCUT2D eigenvalue weighted by Gasteiger charge is -2.24. The van der Waals surface area contributed by atoms with Gasteiger partial charge in [-0.3, -0.25) is 9.48 Å². The first-order valence-electron chi connectivity index (χ1n) is 11.4. The third kappa shape index (κ3) is 4.89. The Morgan fingerprint density at radius 1 is 1.00 bits per heavy atom. The standard InChI is InChI=1S/C26H28N4O5/c1-15(2)22(24(31)28-23(25(32)33)21-12-13-27-30(21)3)29-26(34)35-14-20-18-10-6-4-8-16(18)17-9-5-7-11-19(17)20/h4-13,15,20,22-23H,14H2,1-3H3,(H,28,31)(H,29,34)(H,32,33)/t22-,23?/m0/s1. The molecule has 2 aromatic carbocycles.